The number of nitrogens with two attached hydrogens (primary N) is 1. The lowest BCUT2D eigenvalue weighted by Gasteiger charge is -2.30. The Balaban J connectivity index is 1.92. The standard InChI is InChI=1S/C10H16N4O2/c11-8-4-12-14(5-8)7-10(16)13-3-1-2-9(15)6-13/h4-5,9,15H,1-3,6-7,11H2. The molecule has 0 saturated carbocycles. The van der Waals surface area contributed by atoms with Crippen LogP contribution in [0.2, 0.25) is 0 Å². The number of amides is 1. The number of nitrogen functional groups attached to an aromatic ring is 1. The molecular weight excluding hydrogens is 208 g/mol. The molecule has 0 aromatic carbocycles. The molecule has 1 saturated heterocycles. The van der Waals surface area contributed by atoms with Crippen molar-refractivity contribution in [2.75, 3.05) is 18.8 Å². The molecule has 2 rings (SSSR count). The molecule has 0 bridgehead atoms. The van der Waals surface area contributed by atoms with Gasteiger partial charge in [0.2, 0.25) is 5.91 Å². The summed E-state index contributed by atoms with van der Waals surface area (Å²) in [6, 6.07) is 0. The summed E-state index contributed by atoms with van der Waals surface area (Å²) in [7, 11) is 0. The van der Waals surface area contributed by atoms with Crippen LogP contribution in [0.4, 0.5) is 5.69 Å². The van der Waals surface area contributed by atoms with Crippen LogP contribution >= 0.6 is 0 Å². The van der Waals surface area contributed by atoms with Crippen LogP contribution < -0.4 is 5.73 Å². The summed E-state index contributed by atoms with van der Waals surface area (Å²) < 4.78 is 1.51. The predicted octanol–water partition coefficient (Wildman–Crippen LogP) is -0.551. The molecule has 1 atom stereocenters. The minimum atomic E-state index is -0.389. The third kappa shape index (κ3) is 2.52. The van der Waals surface area contributed by atoms with Crippen LogP contribution in [-0.2, 0) is 11.3 Å². The Hall–Kier alpha value is -1.56. The average Bonchev–Trinajstić information content (AvgIpc) is 2.64. The van der Waals surface area contributed by atoms with Gasteiger partial charge in [0.1, 0.15) is 6.54 Å². The maximum Gasteiger partial charge on any atom is 0.244 e. The molecule has 6 nitrogen and oxygen atoms in total. The second-order valence-corrected chi connectivity index (χ2v) is 4.11. The molecule has 0 aliphatic carbocycles. The van der Waals surface area contributed by atoms with Gasteiger partial charge in [-0.3, -0.25) is 9.48 Å². The lowest BCUT2D eigenvalue weighted by Crippen LogP contribution is -2.43. The normalized spacial score (nSPS) is 21.1. The fraction of sp³-hybridized carbons (Fsp3) is 0.600. The Morgan fingerprint density at radius 3 is 3.12 bits per heavy atom. The summed E-state index contributed by atoms with van der Waals surface area (Å²) >= 11 is 0. The van der Waals surface area contributed by atoms with E-state index in [1.807, 2.05) is 0 Å². The summed E-state index contributed by atoms with van der Waals surface area (Å²) in [5, 5.41) is 13.4. The Kier molecular flexibility index (Phi) is 3.09. The molecule has 2 heterocycles. The first-order valence-electron chi connectivity index (χ1n) is 5.39. The van der Waals surface area contributed by atoms with Crippen molar-refractivity contribution in [3.05, 3.63) is 12.4 Å². The Morgan fingerprint density at radius 1 is 1.69 bits per heavy atom. The Morgan fingerprint density at radius 2 is 2.50 bits per heavy atom. The fourth-order valence-electron chi connectivity index (χ4n) is 1.89. The lowest BCUT2D eigenvalue weighted by molar-refractivity contribution is -0.135. The maximum atomic E-state index is 11.8. The first kappa shape index (κ1) is 10.9. The van der Waals surface area contributed by atoms with Crippen molar-refractivity contribution >= 4 is 11.6 Å². The van der Waals surface area contributed by atoms with Gasteiger partial charge in [-0.2, -0.15) is 5.10 Å². The van der Waals surface area contributed by atoms with E-state index >= 15 is 0 Å². The third-order valence-electron chi connectivity index (χ3n) is 2.70. The minimum Gasteiger partial charge on any atom is -0.396 e. The molecule has 1 aromatic rings. The van der Waals surface area contributed by atoms with E-state index in [0.29, 0.717) is 18.8 Å². The van der Waals surface area contributed by atoms with Gasteiger partial charge in [-0.25, -0.2) is 0 Å². The number of aliphatic hydroxyl groups is 1. The van der Waals surface area contributed by atoms with Crippen LogP contribution in [0.5, 0.6) is 0 Å². The average molecular weight is 224 g/mol. The maximum absolute atomic E-state index is 11.8. The number of hydrogen-bond acceptors (Lipinski definition) is 4. The largest absolute Gasteiger partial charge is 0.396 e. The molecule has 0 spiro atoms. The second kappa shape index (κ2) is 4.52. The molecule has 3 N–H and O–H groups in total. The number of β-amino-alcohol motifs (C(OH)–C–C–N with tert-alkyl or cyclic N) is 1. The molecule has 1 aliphatic rings. The number of piperidine rings is 1. The van der Waals surface area contributed by atoms with E-state index in [4.69, 9.17) is 5.73 Å². The van der Waals surface area contributed by atoms with Crippen LogP contribution in [0, 0.1) is 0 Å². The van der Waals surface area contributed by atoms with Crippen LogP contribution in [0.3, 0.4) is 0 Å². The van der Waals surface area contributed by atoms with Crippen molar-refractivity contribution < 1.29 is 9.90 Å². The molecule has 0 radical (unpaired) electrons. The van der Waals surface area contributed by atoms with Crippen molar-refractivity contribution in [1.82, 2.24) is 14.7 Å². The number of carbonyl (C=O) groups is 1. The monoisotopic (exact) mass is 224 g/mol. The molecular formula is C10H16N4O2. The van der Waals surface area contributed by atoms with E-state index in [9.17, 15) is 9.90 Å². The number of aliphatic hydroxyl groups excluding tert-OH is 1. The number of hydrogen-bond donors (Lipinski definition) is 2. The van der Waals surface area contributed by atoms with Crippen LogP contribution in [0.25, 0.3) is 0 Å². The number of nitrogens with zero attached hydrogens (tertiary/aromatic N) is 3. The highest BCUT2D eigenvalue weighted by Gasteiger charge is 2.22. The highest BCUT2D eigenvalue weighted by Crippen LogP contribution is 2.10. The quantitative estimate of drug-likeness (QED) is 0.706. The second-order valence-electron chi connectivity index (χ2n) is 4.11. The molecule has 16 heavy (non-hydrogen) atoms. The van der Waals surface area contributed by atoms with Crippen molar-refractivity contribution in [3.63, 3.8) is 0 Å². The molecule has 1 aromatic heterocycles. The minimum absolute atomic E-state index is 0.0261. The number of anilines is 1. The van der Waals surface area contributed by atoms with Crippen molar-refractivity contribution in [2.45, 2.75) is 25.5 Å². The summed E-state index contributed by atoms with van der Waals surface area (Å²) in [6.07, 6.45) is 4.38. The van der Waals surface area contributed by atoms with Gasteiger partial charge >= 0.3 is 0 Å². The number of rotatable bonds is 2. The SMILES string of the molecule is Nc1cnn(CC(=O)N2CCCC(O)C2)c1. The summed E-state index contributed by atoms with van der Waals surface area (Å²) in [5.74, 6) is -0.0261. The van der Waals surface area contributed by atoms with Gasteiger partial charge in [0, 0.05) is 19.3 Å². The number of carbonyl (C=O) groups excluding carboxylic acids is 1. The summed E-state index contributed by atoms with van der Waals surface area (Å²) in [4.78, 5) is 13.5. The zero-order valence-electron chi connectivity index (χ0n) is 9.04. The Bertz CT molecular complexity index is 377. The Labute approximate surface area is 93.6 Å². The predicted molar refractivity (Wildman–Crippen MR) is 58.5 cm³/mol. The highest BCUT2D eigenvalue weighted by atomic mass is 16.3. The van der Waals surface area contributed by atoms with Crippen molar-refractivity contribution in [1.29, 1.82) is 0 Å². The van der Waals surface area contributed by atoms with Gasteiger partial charge < -0.3 is 15.7 Å². The fourth-order valence-corrected chi connectivity index (χ4v) is 1.89. The molecule has 1 unspecified atom stereocenters. The van der Waals surface area contributed by atoms with Gasteiger partial charge in [0.25, 0.3) is 0 Å². The van der Waals surface area contributed by atoms with Crippen molar-refractivity contribution in [3.8, 4) is 0 Å². The lowest BCUT2D eigenvalue weighted by atomic mass is 10.1. The van der Waals surface area contributed by atoms with Crippen LogP contribution in [-0.4, -0.2) is 44.9 Å². The molecule has 88 valence electrons. The van der Waals surface area contributed by atoms with Gasteiger partial charge in [-0.05, 0) is 12.8 Å². The van der Waals surface area contributed by atoms with Crippen molar-refractivity contribution in [2.24, 2.45) is 0 Å². The van der Waals surface area contributed by atoms with Crippen LogP contribution in [0.1, 0.15) is 12.8 Å². The zero-order valence-corrected chi connectivity index (χ0v) is 9.04. The first-order chi connectivity index (χ1) is 7.65. The number of likely N-dealkylation sites (tertiary alicyclic amines) is 1. The first-order valence-corrected chi connectivity index (χ1v) is 5.39. The summed E-state index contributed by atoms with van der Waals surface area (Å²) in [5.41, 5.74) is 6.05. The van der Waals surface area contributed by atoms with Gasteiger partial charge in [-0.1, -0.05) is 0 Å². The zero-order chi connectivity index (χ0) is 11.5. The third-order valence-corrected chi connectivity index (χ3v) is 2.70. The molecule has 1 amide bonds. The smallest absolute Gasteiger partial charge is 0.244 e. The summed E-state index contributed by atoms with van der Waals surface area (Å²) in [6.45, 7) is 1.33. The molecule has 6 heteroatoms. The van der Waals surface area contributed by atoms with Crippen LogP contribution in [0.15, 0.2) is 12.4 Å². The van der Waals surface area contributed by atoms with Gasteiger partial charge in [0.05, 0.1) is 18.0 Å². The van der Waals surface area contributed by atoms with Gasteiger partial charge in [-0.15, -0.1) is 0 Å². The topological polar surface area (TPSA) is 84.4 Å². The van der Waals surface area contributed by atoms with Gasteiger partial charge in [0.15, 0.2) is 0 Å². The van der Waals surface area contributed by atoms with E-state index in [-0.39, 0.29) is 18.6 Å². The molecule has 1 aliphatic heterocycles. The van der Waals surface area contributed by atoms with E-state index in [1.165, 1.54) is 10.9 Å². The van der Waals surface area contributed by atoms with E-state index in [2.05, 4.69) is 5.10 Å². The van der Waals surface area contributed by atoms with E-state index < -0.39 is 0 Å². The number of aromatic nitrogens is 2. The van der Waals surface area contributed by atoms with E-state index in [0.717, 1.165) is 12.8 Å². The highest BCUT2D eigenvalue weighted by molar-refractivity contribution is 5.76. The molecule has 1 fully saturated rings. The van der Waals surface area contributed by atoms with E-state index in [1.54, 1.807) is 11.1 Å².